The Morgan fingerprint density at radius 3 is 2.13 bits per heavy atom. The molecule has 7 heteroatoms. The van der Waals surface area contributed by atoms with E-state index in [-0.39, 0.29) is 24.8 Å². The Morgan fingerprint density at radius 2 is 1.57 bits per heavy atom. The third-order valence-electron chi connectivity index (χ3n) is 3.78. The predicted octanol–water partition coefficient (Wildman–Crippen LogP) is 3.58. The zero-order valence-electron chi connectivity index (χ0n) is 17.2. The highest BCUT2D eigenvalue weighted by Crippen LogP contribution is 2.23. The summed E-state index contributed by atoms with van der Waals surface area (Å²) < 4.78 is 5.25. The molecule has 2 aromatic carbocycles. The van der Waals surface area contributed by atoms with Crippen LogP contribution in [0.1, 0.15) is 36.7 Å². The van der Waals surface area contributed by atoms with Gasteiger partial charge in [-0.3, -0.25) is 14.9 Å². The number of amides is 3. The van der Waals surface area contributed by atoms with Crippen LogP contribution in [-0.4, -0.2) is 30.1 Å². The molecule has 2 rings (SSSR count). The van der Waals surface area contributed by atoms with Crippen molar-refractivity contribution in [2.24, 2.45) is 0 Å². The Labute approximate surface area is 176 Å². The van der Waals surface area contributed by atoms with Crippen LogP contribution in [0.15, 0.2) is 48.5 Å². The molecule has 3 amide bonds. The average Bonchev–Trinajstić information content (AvgIpc) is 2.67. The molecule has 0 aliphatic rings. The fraction of sp³-hybridized carbons (Fsp3) is 0.261. The monoisotopic (exact) mass is 407 g/mol. The van der Waals surface area contributed by atoms with Gasteiger partial charge in [0.05, 0.1) is 24.3 Å². The summed E-state index contributed by atoms with van der Waals surface area (Å²) in [6.07, 6.45) is 4.67. The molecule has 2 aromatic rings. The van der Waals surface area contributed by atoms with Crippen LogP contribution in [0.3, 0.4) is 0 Å². The molecule has 3 N–H and O–H groups in total. The van der Waals surface area contributed by atoms with E-state index >= 15 is 0 Å². The van der Waals surface area contributed by atoms with Gasteiger partial charge >= 0.3 is 6.09 Å². The van der Waals surface area contributed by atoms with Crippen LogP contribution in [-0.2, 0) is 16.0 Å². The van der Waals surface area contributed by atoms with Crippen LogP contribution >= 0.6 is 0 Å². The van der Waals surface area contributed by atoms with Gasteiger partial charge in [-0.15, -0.1) is 6.42 Å². The van der Waals surface area contributed by atoms with E-state index in [1.54, 1.807) is 69.3 Å². The Hall–Kier alpha value is -3.79. The lowest BCUT2D eigenvalue weighted by Gasteiger charge is -2.20. The van der Waals surface area contributed by atoms with E-state index in [9.17, 15) is 14.4 Å². The van der Waals surface area contributed by atoms with Crippen molar-refractivity contribution >= 4 is 29.3 Å². The molecule has 0 aromatic heterocycles. The topological polar surface area (TPSA) is 96.5 Å². The molecule has 7 nitrogen and oxygen atoms in total. The van der Waals surface area contributed by atoms with Gasteiger partial charge in [0.25, 0.3) is 5.91 Å². The normalized spacial score (nSPS) is 10.5. The molecule has 0 aliphatic carbocycles. The minimum Gasteiger partial charge on any atom is -0.444 e. The number of rotatable bonds is 6. The van der Waals surface area contributed by atoms with Gasteiger partial charge in [-0.2, -0.15) is 0 Å². The molecule has 0 spiro atoms. The SMILES string of the molecule is C#CCNC(=O)Cc1ccc(C(=O)Nc2ccccc2NC(=O)OC(C)(C)C)cc1. The van der Waals surface area contributed by atoms with E-state index < -0.39 is 11.7 Å². The molecular weight excluding hydrogens is 382 g/mol. The Morgan fingerprint density at radius 1 is 0.967 bits per heavy atom. The standard InChI is InChI=1S/C23H25N3O4/c1-5-14-24-20(27)15-16-10-12-17(13-11-16)21(28)25-18-8-6-7-9-19(18)26-22(29)30-23(2,3)4/h1,6-13H,14-15H2,2-4H3,(H,24,27)(H,25,28)(H,26,29). The highest BCUT2D eigenvalue weighted by molar-refractivity contribution is 6.06. The van der Waals surface area contributed by atoms with E-state index in [2.05, 4.69) is 21.9 Å². The third-order valence-corrected chi connectivity index (χ3v) is 3.78. The van der Waals surface area contributed by atoms with Crippen LogP contribution < -0.4 is 16.0 Å². The van der Waals surface area contributed by atoms with Gasteiger partial charge in [0, 0.05) is 5.56 Å². The van der Waals surface area contributed by atoms with Gasteiger partial charge in [-0.25, -0.2) is 4.79 Å². The van der Waals surface area contributed by atoms with Gasteiger partial charge in [0.1, 0.15) is 5.60 Å². The maximum Gasteiger partial charge on any atom is 0.412 e. The fourth-order valence-corrected chi connectivity index (χ4v) is 2.48. The summed E-state index contributed by atoms with van der Waals surface area (Å²) in [5.41, 5.74) is 1.39. The summed E-state index contributed by atoms with van der Waals surface area (Å²) in [5.74, 6) is 1.80. The number of hydrogen-bond acceptors (Lipinski definition) is 4. The fourth-order valence-electron chi connectivity index (χ4n) is 2.48. The van der Waals surface area contributed by atoms with E-state index in [1.165, 1.54) is 0 Å². The summed E-state index contributed by atoms with van der Waals surface area (Å²) in [7, 11) is 0. The van der Waals surface area contributed by atoms with Crippen molar-refractivity contribution < 1.29 is 19.1 Å². The number of para-hydroxylation sites is 2. The second-order valence-electron chi connectivity index (χ2n) is 7.48. The Kier molecular flexibility index (Phi) is 7.59. The Bertz CT molecular complexity index is 954. The largest absolute Gasteiger partial charge is 0.444 e. The van der Waals surface area contributed by atoms with Gasteiger partial charge in [-0.05, 0) is 50.6 Å². The van der Waals surface area contributed by atoms with E-state index in [1.807, 2.05) is 0 Å². The summed E-state index contributed by atoms with van der Waals surface area (Å²) in [4.78, 5) is 36.4. The molecule has 0 heterocycles. The second-order valence-corrected chi connectivity index (χ2v) is 7.48. The zero-order valence-corrected chi connectivity index (χ0v) is 17.2. The molecule has 0 aliphatic heterocycles. The Balaban J connectivity index is 2.03. The molecule has 0 saturated heterocycles. The number of carbonyl (C=O) groups excluding carboxylic acids is 3. The molecule has 0 fully saturated rings. The van der Waals surface area contributed by atoms with E-state index in [4.69, 9.17) is 11.2 Å². The number of benzene rings is 2. The lowest BCUT2D eigenvalue weighted by molar-refractivity contribution is -0.120. The van der Waals surface area contributed by atoms with Gasteiger partial charge < -0.3 is 15.4 Å². The van der Waals surface area contributed by atoms with Crippen LogP contribution in [0.4, 0.5) is 16.2 Å². The molecule has 0 saturated carbocycles. The van der Waals surface area contributed by atoms with Crippen molar-refractivity contribution in [3.8, 4) is 12.3 Å². The molecule has 0 bridgehead atoms. The number of nitrogens with one attached hydrogen (secondary N) is 3. The number of hydrogen-bond donors (Lipinski definition) is 3. The summed E-state index contributed by atoms with van der Waals surface area (Å²) in [5, 5.41) is 8.00. The minimum atomic E-state index is -0.637. The molecular formula is C23H25N3O4. The summed E-state index contributed by atoms with van der Waals surface area (Å²) >= 11 is 0. The smallest absolute Gasteiger partial charge is 0.412 e. The van der Waals surface area contributed by atoms with E-state index in [0.29, 0.717) is 16.9 Å². The highest BCUT2D eigenvalue weighted by atomic mass is 16.6. The number of carbonyl (C=O) groups is 3. The molecule has 30 heavy (non-hydrogen) atoms. The quantitative estimate of drug-likeness (QED) is 0.638. The average molecular weight is 407 g/mol. The maximum atomic E-state index is 12.6. The van der Waals surface area contributed by atoms with Crippen molar-refractivity contribution in [1.29, 1.82) is 0 Å². The van der Waals surface area contributed by atoms with Gasteiger partial charge in [0.2, 0.25) is 5.91 Å². The first-order valence-electron chi connectivity index (χ1n) is 9.37. The van der Waals surface area contributed by atoms with Crippen LogP contribution in [0, 0.1) is 12.3 Å². The molecule has 0 radical (unpaired) electrons. The van der Waals surface area contributed by atoms with E-state index in [0.717, 1.165) is 5.56 Å². The molecule has 156 valence electrons. The van der Waals surface area contributed by atoms with Crippen molar-refractivity contribution in [2.75, 3.05) is 17.2 Å². The van der Waals surface area contributed by atoms with Crippen LogP contribution in [0.5, 0.6) is 0 Å². The van der Waals surface area contributed by atoms with Crippen molar-refractivity contribution in [1.82, 2.24) is 5.32 Å². The first-order chi connectivity index (χ1) is 14.2. The number of ether oxygens (including phenoxy) is 1. The highest BCUT2D eigenvalue weighted by Gasteiger charge is 2.18. The first kappa shape index (κ1) is 22.5. The first-order valence-corrected chi connectivity index (χ1v) is 9.37. The minimum absolute atomic E-state index is 0.173. The maximum absolute atomic E-state index is 12.6. The summed E-state index contributed by atoms with van der Waals surface area (Å²) in [6.45, 7) is 5.48. The lowest BCUT2D eigenvalue weighted by Crippen LogP contribution is -2.27. The lowest BCUT2D eigenvalue weighted by atomic mass is 10.1. The second kappa shape index (κ2) is 10.1. The summed E-state index contributed by atoms with van der Waals surface area (Å²) in [6, 6.07) is 13.5. The molecule has 0 atom stereocenters. The predicted molar refractivity (Wildman–Crippen MR) is 116 cm³/mol. The number of anilines is 2. The van der Waals surface area contributed by atoms with Gasteiger partial charge in [0.15, 0.2) is 0 Å². The zero-order chi connectivity index (χ0) is 22.1. The van der Waals surface area contributed by atoms with Crippen molar-refractivity contribution in [2.45, 2.75) is 32.8 Å². The van der Waals surface area contributed by atoms with Crippen molar-refractivity contribution in [3.05, 3.63) is 59.7 Å². The third kappa shape index (κ3) is 7.32. The van der Waals surface area contributed by atoms with Gasteiger partial charge in [-0.1, -0.05) is 30.2 Å². The van der Waals surface area contributed by atoms with Crippen molar-refractivity contribution in [3.63, 3.8) is 0 Å². The van der Waals surface area contributed by atoms with Crippen LogP contribution in [0.25, 0.3) is 0 Å². The number of terminal acetylenes is 1. The van der Waals surface area contributed by atoms with Crippen LogP contribution in [0.2, 0.25) is 0 Å². The molecule has 0 unspecified atom stereocenters.